The van der Waals surface area contributed by atoms with Crippen LogP contribution in [0.5, 0.6) is 0 Å². The lowest BCUT2D eigenvalue weighted by Crippen LogP contribution is -2.25. The molecule has 32 heavy (non-hydrogen) atoms. The number of hydrogen-bond acceptors (Lipinski definition) is 4. The van der Waals surface area contributed by atoms with E-state index in [1.807, 2.05) is 30.3 Å². The lowest BCUT2D eigenvalue weighted by atomic mass is 10.1. The Kier molecular flexibility index (Phi) is 6.86. The molecule has 0 saturated carbocycles. The molecule has 162 valence electrons. The van der Waals surface area contributed by atoms with E-state index < -0.39 is 0 Å². The molecule has 3 aromatic carbocycles. The van der Waals surface area contributed by atoms with Gasteiger partial charge in [-0.1, -0.05) is 60.2 Å². The summed E-state index contributed by atoms with van der Waals surface area (Å²) in [7, 11) is 0. The summed E-state index contributed by atoms with van der Waals surface area (Å²) in [4.78, 5) is 22.4. The van der Waals surface area contributed by atoms with Gasteiger partial charge in [-0.2, -0.15) is 0 Å². The molecule has 0 saturated heterocycles. The zero-order valence-corrected chi connectivity index (χ0v) is 19.5. The standard InChI is InChI=1S/C27H27N3OS/c1-18-9-11-21(12-10-18)16-28-26(31)17-32-27-15-23(22-7-5-4-6-8-22)29-24-13-19(2)20(3)14-25(24)30-27/h4-14H,15-17H2,1-3H3,(H,28,31). The Morgan fingerprint density at radius 1 is 0.906 bits per heavy atom. The molecular weight excluding hydrogens is 414 g/mol. The largest absolute Gasteiger partial charge is 0.351 e. The predicted octanol–water partition coefficient (Wildman–Crippen LogP) is 6.22. The topological polar surface area (TPSA) is 53.8 Å². The fraction of sp³-hybridized carbons (Fsp3) is 0.222. The summed E-state index contributed by atoms with van der Waals surface area (Å²) in [5.74, 6) is 0.327. The van der Waals surface area contributed by atoms with E-state index in [1.165, 1.54) is 28.5 Å². The minimum absolute atomic E-state index is 0.000956. The summed E-state index contributed by atoms with van der Waals surface area (Å²) in [6, 6.07) is 22.6. The number of nitrogens with zero attached hydrogens (tertiary/aromatic N) is 2. The third kappa shape index (κ3) is 5.54. The Balaban J connectivity index is 1.50. The fourth-order valence-electron chi connectivity index (χ4n) is 3.45. The molecule has 1 aliphatic heterocycles. The molecule has 4 rings (SSSR count). The first-order valence-corrected chi connectivity index (χ1v) is 11.7. The second kappa shape index (κ2) is 9.96. The average molecular weight is 442 g/mol. The van der Waals surface area contributed by atoms with Crippen molar-refractivity contribution in [2.75, 3.05) is 5.75 Å². The molecule has 3 aromatic rings. The first-order valence-electron chi connectivity index (χ1n) is 10.7. The van der Waals surface area contributed by atoms with Gasteiger partial charge in [-0.3, -0.25) is 9.79 Å². The van der Waals surface area contributed by atoms with Crippen molar-refractivity contribution in [2.45, 2.75) is 33.7 Å². The van der Waals surface area contributed by atoms with Crippen molar-refractivity contribution < 1.29 is 4.79 Å². The summed E-state index contributed by atoms with van der Waals surface area (Å²) in [5, 5.41) is 3.91. The molecule has 1 N–H and O–H groups in total. The van der Waals surface area contributed by atoms with E-state index in [9.17, 15) is 4.79 Å². The van der Waals surface area contributed by atoms with Crippen LogP contribution in [0, 0.1) is 20.8 Å². The highest BCUT2D eigenvalue weighted by Crippen LogP contribution is 2.35. The molecule has 0 radical (unpaired) electrons. The Hall–Kier alpha value is -3.18. The van der Waals surface area contributed by atoms with Gasteiger partial charge in [-0.25, -0.2) is 4.99 Å². The summed E-state index contributed by atoms with van der Waals surface area (Å²) in [6.07, 6.45) is 0.604. The zero-order chi connectivity index (χ0) is 22.5. The zero-order valence-electron chi connectivity index (χ0n) is 18.7. The lowest BCUT2D eigenvalue weighted by molar-refractivity contribution is -0.118. The van der Waals surface area contributed by atoms with Crippen molar-refractivity contribution in [3.05, 3.63) is 94.5 Å². The maximum Gasteiger partial charge on any atom is 0.230 e. The number of nitrogens with one attached hydrogen (secondary N) is 1. The Bertz CT molecular complexity index is 1180. The third-order valence-corrected chi connectivity index (χ3v) is 6.47. The number of amides is 1. The summed E-state index contributed by atoms with van der Waals surface area (Å²) in [6.45, 7) is 6.77. The third-order valence-electron chi connectivity index (χ3n) is 5.50. The van der Waals surface area contributed by atoms with Gasteiger partial charge in [-0.15, -0.1) is 11.8 Å². The van der Waals surface area contributed by atoms with Crippen LogP contribution in [0.2, 0.25) is 0 Å². The highest BCUT2D eigenvalue weighted by atomic mass is 32.2. The van der Waals surface area contributed by atoms with Crippen molar-refractivity contribution in [1.29, 1.82) is 0 Å². The Morgan fingerprint density at radius 2 is 1.56 bits per heavy atom. The minimum Gasteiger partial charge on any atom is -0.351 e. The highest BCUT2D eigenvalue weighted by Gasteiger charge is 2.17. The van der Waals surface area contributed by atoms with Crippen LogP contribution < -0.4 is 5.32 Å². The van der Waals surface area contributed by atoms with Crippen LogP contribution in [0.1, 0.15) is 34.2 Å². The lowest BCUT2D eigenvalue weighted by Gasteiger charge is -2.08. The number of rotatable bonds is 5. The van der Waals surface area contributed by atoms with Crippen LogP contribution in [0.4, 0.5) is 11.4 Å². The van der Waals surface area contributed by atoms with Crippen molar-refractivity contribution >= 4 is 39.8 Å². The molecule has 0 unspecified atom stereocenters. The molecule has 0 atom stereocenters. The molecule has 1 amide bonds. The first-order chi connectivity index (χ1) is 15.5. The number of aliphatic imine (C=N–C) groups is 2. The number of aryl methyl sites for hydroxylation is 3. The summed E-state index contributed by atoms with van der Waals surface area (Å²) < 4.78 is 0. The number of hydrogen-bond donors (Lipinski definition) is 1. The maximum absolute atomic E-state index is 12.5. The summed E-state index contributed by atoms with van der Waals surface area (Å²) in [5.41, 5.74) is 8.48. The normalized spacial score (nSPS) is 13.0. The molecule has 0 spiro atoms. The number of thioether (sulfide) groups is 1. The Morgan fingerprint density at radius 3 is 2.25 bits per heavy atom. The van der Waals surface area contributed by atoms with Gasteiger partial charge in [0.05, 0.1) is 27.9 Å². The molecule has 4 nitrogen and oxygen atoms in total. The van der Waals surface area contributed by atoms with Gasteiger partial charge in [0.2, 0.25) is 5.91 Å². The monoisotopic (exact) mass is 441 g/mol. The summed E-state index contributed by atoms with van der Waals surface area (Å²) >= 11 is 1.49. The van der Waals surface area contributed by atoms with Gasteiger partial charge in [0, 0.05) is 13.0 Å². The van der Waals surface area contributed by atoms with Crippen LogP contribution in [0.3, 0.4) is 0 Å². The van der Waals surface area contributed by atoms with Gasteiger partial charge in [0.15, 0.2) is 0 Å². The molecule has 5 heteroatoms. The van der Waals surface area contributed by atoms with Crippen LogP contribution in [0.15, 0.2) is 76.7 Å². The molecule has 0 aliphatic carbocycles. The molecule has 1 aliphatic rings. The second-order valence-corrected chi connectivity index (χ2v) is 9.13. The first kappa shape index (κ1) is 22.0. The van der Waals surface area contributed by atoms with E-state index >= 15 is 0 Å². The number of carbonyl (C=O) groups is 1. The molecular formula is C27H27N3OS. The van der Waals surface area contributed by atoms with E-state index in [-0.39, 0.29) is 5.91 Å². The van der Waals surface area contributed by atoms with E-state index in [1.54, 1.807) is 0 Å². The van der Waals surface area contributed by atoms with Crippen molar-refractivity contribution in [3.8, 4) is 0 Å². The second-order valence-electron chi connectivity index (χ2n) is 8.08. The van der Waals surface area contributed by atoms with Gasteiger partial charge in [-0.05, 0) is 55.2 Å². The number of carbonyl (C=O) groups excluding carboxylic acids is 1. The van der Waals surface area contributed by atoms with E-state index in [0.29, 0.717) is 18.7 Å². The van der Waals surface area contributed by atoms with Crippen molar-refractivity contribution in [3.63, 3.8) is 0 Å². The highest BCUT2D eigenvalue weighted by molar-refractivity contribution is 8.14. The van der Waals surface area contributed by atoms with Crippen molar-refractivity contribution in [1.82, 2.24) is 5.32 Å². The molecule has 0 fully saturated rings. The smallest absolute Gasteiger partial charge is 0.230 e. The van der Waals surface area contributed by atoms with Gasteiger partial charge >= 0.3 is 0 Å². The van der Waals surface area contributed by atoms with Gasteiger partial charge < -0.3 is 5.32 Å². The van der Waals surface area contributed by atoms with Crippen LogP contribution in [-0.2, 0) is 11.3 Å². The van der Waals surface area contributed by atoms with Crippen molar-refractivity contribution in [2.24, 2.45) is 9.98 Å². The van der Waals surface area contributed by atoms with Crippen LogP contribution >= 0.6 is 11.8 Å². The quantitative estimate of drug-likeness (QED) is 0.511. The van der Waals surface area contributed by atoms with Crippen LogP contribution in [-0.4, -0.2) is 22.4 Å². The van der Waals surface area contributed by atoms with E-state index in [0.717, 1.165) is 33.3 Å². The number of fused-ring (bicyclic) bond motifs is 1. The molecule has 0 bridgehead atoms. The number of benzene rings is 3. The fourth-order valence-corrected chi connectivity index (χ4v) is 4.26. The Labute approximate surface area is 193 Å². The maximum atomic E-state index is 12.5. The van der Waals surface area contributed by atoms with E-state index in [4.69, 9.17) is 9.98 Å². The predicted molar refractivity (Wildman–Crippen MR) is 136 cm³/mol. The van der Waals surface area contributed by atoms with Crippen LogP contribution in [0.25, 0.3) is 0 Å². The van der Waals surface area contributed by atoms with Gasteiger partial charge in [0.25, 0.3) is 0 Å². The molecule has 0 aromatic heterocycles. The molecule has 1 heterocycles. The average Bonchev–Trinajstić information content (AvgIpc) is 2.97. The van der Waals surface area contributed by atoms with E-state index in [2.05, 4.69) is 62.5 Å². The van der Waals surface area contributed by atoms with Gasteiger partial charge in [0.1, 0.15) is 0 Å². The minimum atomic E-state index is 0.000956. The SMILES string of the molecule is Cc1ccc(CNC(=O)CSC2=Nc3cc(C)c(C)cc3N=C(c3ccccc3)C2)cc1.